The Labute approximate surface area is 294 Å². The topological polar surface area (TPSA) is 118 Å². The zero-order chi connectivity index (χ0) is 34.9. The zero-order valence-corrected chi connectivity index (χ0v) is 31.3. The molecule has 49 heavy (non-hydrogen) atoms. The second-order valence-corrected chi connectivity index (χ2v) is 19.7. The van der Waals surface area contributed by atoms with E-state index in [2.05, 4.69) is 34.6 Å². The molecule has 3 aliphatic heterocycles. The molecule has 8 fully saturated rings. The fourth-order valence-corrected chi connectivity index (χ4v) is 14.5. The molecule has 1 amide bonds. The highest BCUT2D eigenvalue weighted by molar-refractivity contribution is 5.79. The molecule has 14 atom stereocenters. The lowest BCUT2D eigenvalue weighted by Crippen LogP contribution is -2.60. The van der Waals surface area contributed by atoms with Crippen LogP contribution in [0.25, 0.3) is 0 Å². The van der Waals surface area contributed by atoms with E-state index in [4.69, 9.17) is 18.9 Å². The number of carbonyl (C=O) groups is 1. The van der Waals surface area contributed by atoms with E-state index >= 15 is 0 Å². The van der Waals surface area contributed by atoms with Crippen molar-refractivity contribution in [2.45, 2.75) is 155 Å². The van der Waals surface area contributed by atoms with Crippen LogP contribution >= 0.6 is 0 Å². The molecule has 5 saturated carbocycles. The summed E-state index contributed by atoms with van der Waals surface area (Å²) in [5, 5.41) is 34.2. The highest BCUT2D eigenvalue weighted by Gasteiger charge is 2.84. The Morgan fingerprint density at radius 2 is 1.65 bits per heavy atom. The van der Waals surface area contributed by atoms with Crippen molar-refractivity contribution in [1.29, 1.82) is 0 Å². The first-order chi connectivity index (χ1) is 23.0. The van der Waals surface area contributed by atoms with Crippen LogP contribution in [-0.2, 0) is 23.7 Å². The van der Waals surface area contributed by atoms with Crippen LogP contribution in [0.2, 0.25) is 0 Å². The van der Waals surface area contributed by atoms with Gasteiger partial charge in [0.05, 0.1) is 43.2 Å². The molecule has 0 radical (unpaired) electrons. The first-order valence-electron chi connectivity index (χ1n) is 19.9. The monoisotopic (exact) mass is 687 g/mol. The average Bonchev–Trinajstić information content (AvgIpc) is 3.70. The molecule has 8 unspecified atom stereocenters. The van der Waals surface area contributed by atoms with Crippen LogP contribution in [-0.4, -0.2) is 101 Å². The van der Waals surface area contributed by atoms with Crippen LogP contribution in [0.4, 0.5) is 0 Å². The number of fused-ring (bicyclic) bond motifs is 4. The maximum atomic E-state index is 13.3. The molecule has 9 nitrogen and oxygen atoms in total. The van der Waals surface area contributed by atoms with E-state index in [1.54, 1.807) is 13.8 Å². The van der Waals surface area contributed by atoms with Gasteiger partial charge in [0.1, 0.15) is 6.10 Å². The molecule has 8 aliphatic rings. The van der Waals surface area contributed by atoms with E-state index in [9.17, 15) is 20.1 Å². The molecule has 0 bridgehead atoms. The van der Waals surface area contributed by atoms with Crippen molar-refractivity contribution in [3.63, 3.8) is 0 Å². The summed E-state index contributed by atoms with van der Waals surface area (Å²) >= 11 is 0. The van der Waals surface area contributed by atoms with E-state index < -0.39 is 23.9 Å². The third-order valence-electron chi connectivity index (χ3n) is 17.1. The Bertz CT molecular complexity index is 1300. The lowest BCUT2D eigenvalue weighted by molar-refractivity contribution is -0.248. The molecule has 5 aliphatic carbocycles. The summed E-state index contributed by atoms with van der Waals surface area (Å²) in [6, 6.07) is 0. The molecule has 0 aromatic heterocycles. The standard InChI is InChI=1S/C40H65NO8/c1-23-20-25(32(42)36(4,5)45)48-31-30(23)37(6)14-15-40-22-39(40)13-10-28(35(2,3)26(39)8-9-27(40)38(37,7)33(31)43)49-29-21-41(16-19-47-29)34(44)24-11-17-46-18-12-24/h23-33,42-43,45H,8-22H2,1-7H3/t23-,25?,26+,27?,28?,29+,30+,31?,32?,33+,37?,38-,39?,40?/m1/s1. The van der Waals surface area contributed by atoms with Crippen LogP contribution in [0.1, 0.15) is 113 Å². The number of hydrogen-bond donors (Lipinski definition) is 3. The molecular formula is C40H65NO8. The minimum absolute atomic E-state index is 0.0227. The van der Waals surface area contributed by atoms with Gasteiger partial charge in [-0.1, -0.05) is 34.6 Å². The molecule has 2 spiro atoms. The fraction of sp³-hybridized carbons (Fsp3) is 0.975. The number of aliphatic hydroxyl groups excluding tert-OH is 2. The largest absolute Gasteiger partial charge is 0.390 e. The Morgan fingerprint density at radius 1 is 0.959 bits per heavy atom. The van der Waals surface area contributed by atoms with Crippen LogP contribution in [0.3, 0.4) is 0 Å². The Kier molecular flexibility index (Phi) is 8.34. The second kappa shape index (κ2) is 11.6. The van der Waals surface area contributed by atoms with Crippen molar-refractivity contribution >= 4 is 5.91 Å². The number of carbonyl (C=O) groups excluding carboxylic acids is 1. The number of rotatable bonds is 5. The Morgan fingerprint density at radius 3 is 2.37 bits per heavy atom. The Hall–Kier alpha value is -0.810. The minimum Gasteiger partial charge on any atom is -0.390 e. The quantitative estimate of drug-likeness (QED) is 0.373. The lowest BCUT2D eigenvalue weighted by Gasteiger charge is -2.64. The molecule has 0 aromatic carbocycles. The number of nitrogens with zero attached hydrogens (tertiary/aromatic N) is 1. The molecule has 3 heterocycles. The normalized spacial score (nSPS) is 51.5. The van der Waals surface area contributed by atoms with Gasteiger partial charge in [-0.05, 0) is 123 Å². The van der Waals surface area contributed by atoms with Gasteiger partial charge in [-0.2, -0.15) is 0 Å². The van der Waals surface area contributed by atoms with Crippen molar-refractivity contribution < 1.29 is 39.1 Å². The molecule has 3 saturated heterocycles. The summed E-state index contributed by atoms with van der Waals surface area (Å²) in [6.45, 7) is 18.3. The van der Waals surface area contributed by atoms with Gasteiger partial charge < -0.3 is 39.2 Å². The smallest absolute Gasteiger partial charge is 0.226 e. The fourth-order valence-electron chi connectivity index (χ4n) is 14.5. The maximum absolute atomic E-state index is 13.3. The predicted octanol–water partition coefficient (Wildman–Crippen LogP) is 4.93. The molecule has 278 valence electrons. The number of morpholine rings is 1. The third-order valence-corrected chi connectivity index (χ3v) is 17.1. The maximum Gasteiger partial charge on any atom is 0.226 e. The van der Waals surface area contributed by atoms with Crippen LogP contribution in [0.15, 0.2) is 0 Å². The van der Waals surface area contributed by atoms with Crippen molar-refractivity contribution in [3.05, 3.63) is 0 Å². The number of aliphatic hydroxyl groups is 3. The van der Waals surface area contributed by atoms with Gasteiger partial charge in [0, 0.05) is 31.1 Å². The van der Waals surface area contributed by atoms with Crippen LogP contribution < -0.4 is 0 Å². The lowest BCUT2D eigenvalue weighted by atomic mass is 9.41. The number of hydrogen-bond acceptors (Lipinski definition) is 8. The highest BCUT2D eigenvalue weighted by atomic mass is 16.7. The molecule has 3 N–H and O–H groups in total. The summed E-state index contributed by atoms with van der Waals surface area (Å²) in [4.78, 5) is 15.3. The van der Waals surface area contributed by atoms with Gasteiger partial charge in [-0.3, -0.25) is 4.79 Å². The van der Waals surface area contributed by atoms with E-state index in [1.165, 1.54) is 12.8 Å². The predicted molar refractivity (Wildman–Crippen MR) is 183 cm³/mol. The first kappa shape index (κ1) is 35.2. The summed E-state index contributed by atoms with van der Waals surface area (Å²) in [6.07, 6.45) is 7.61. The van der Waals surface area contributed by atoms with Gasteiger partial charge in [0.15, 0.2) is 6.29 Å². The zero-order valence-electron chi connectivity index (χ0n) is 31.3. The Balaban J connectivity index is 0.993. The van der Waals surface area contributed by atoms with E-state index in [-0.39, 0.29) is 69.2 Å². The summed E-state index contributed by atoms with van der Waals surface area (Å²) in [7, 11) is 0. The number of ether oxygens (including phenoxy) is 4. The third kappa shape index (κ3) is 4.83. The highest BCUT2D eigenvalue weighted by Crippen LogP contribution is 2.89. The SMILES string of the molecule is C[C@@H]1CC(C(O)C(C)(C)O)OC2[C@H]1C1(C)CCC34CC35CCC(O[C@H]3CN(C(=O)C6CCOCC6)CCO3)C(C)(C)[C@@H]5CCC4[C@]1(C)[C@H]2O. The van der Waals surface area contributed by atoms with Gasteiger partial charge in [-0.25, -0.2) is 0 Å². The molecular weight excluding hydrogens is 622 g/mol. The van der Waals surface area contributed by atoms with Gasteiger partial charge in [0.2, 0.25) is 5.91 Å². The van der Waals surface area contributed by atoms with Gasteiger partial charge in [-0.15, -0.1) is 0 Å². The number of amides is 1. The molecule has 8 rings (SSSR count). The average molecular weight is 688 g/mol. The van der Waals surface area contributed by atoms with Crippen LogP contribution in [0, 0.1) is 56.7 Å². The van der Waals surface area contributed by atoms with E-state index in [0.29, 0.717) is 51.2 Å². The van der Waals surface area contributed by atoms with Gasteiger partial charge in [0.25, 0.3) is 0 Å². The van der Waals surface area contributed by atoms with Crippen LogP contribution in [0.5, 0.6) is 0 Å². The molecule has 0 aromatic rings. The summed E-state index contributed by atoms with van der Waals surface area (Å²) < 4.78 is 25.2. The molecule has 9 heteroatoms. The second-order valence-electron chi connectivity index (χ2n) is 19.7. The summed E-state index contributed by atoms with van der Waals surface area (Å²) in [5.41, 5.74) is -1.08. The van der Waals surface area contributed by atoms with Crippen molar-refractivity contribution in [2.75, 3.05) is 32.9 Å². The van der Waals surface area contributed by atoms with Crippen molar-refractivity contribution in [1.82, 2.24) is 4.90 Å². The van der Waals surface area contributed by atoms with Crippen molar-refractivity contribution in [3.8, 4) is 0 Å². The summed E-state index contributed by atoms with van der Waals surface area (Å²) in [5.74, 6) is 1.79. The minimum atomic E-state index is -1.26. The van der Waals surface area contributed by atoms with E-state index in [1.807, 2.05) is 4.90 Å². The first-order valence-corrected chi connectivity index (χ1v) is 19.9. The van der Waals surface area contributed by atoms with Gasteiger partial charge >= 0.3 is 0 Å². The van der Waals surface area contributed by atoms with E-state index in [0.717, 1.165) is 44.9 Å². The van der Waals surface area contributed by atoms with Crippen molar-refractivity contribution in [2.24, 2.45) is 56.7 Å².